The van der Waals surface area contributed by atoms with Crippen LogP contribution in [0.5, 0.6) is 5.75 Å². The quantitative estimate of drug-likeness (QED) is 0.679. The third-order valence-electron chi connectivity index (χ3n) is 5.92. The lowest BCUT2D eigenvalue weighted by Crippen LogP contribution is -2.44. The molecule has 31 heavy (non-hydrogen) atoms. The Morgan fingerprint density at radius 1 is 1.16 bits per heavy atom. The van der Waals surface area contributed by atoms with Crippen molar-refractivity contribution in [1.82, 2.24) is 9.62 Å². The molecule has 0 radical (unpaired) electrons. The van der Waals surface area contributed by atoms with Crippen molar-refractivity contribution in [2.45, 2.75) is 36.0 Å². The Kier molecular flexibility index (Phi) is 6.98. The largest absolute Gasteiger partial charge is 0.496 e. The molecule has 0 saturated heterocycles. The number of carbonyl (C=O) groups excluding carboxylic acids is 1. The molecule has 1 aliphatic rings. The zero-order valence-electron chi connectivity index (χ0n) is 17.8. The SMILES string of the molecule is COc1ccccc1C1(CNC(=O)CN(C)S(=O)(=O)c2ccc(C#N)cc2)CCCC1. The van der Waals surface area contributed by atoms with E-state index < -0.39 is 10.0 Å². The van der Waals surface area contributed by atoms with E-state index in [1.165, 1.54) is 31.3 Å². The summed E-state index contributed by atoms with van der Waals surface area (Å²) >= 11 is 0. The highest BCUT2D eigenvalue weighted by Gasteiger charge is 2.38. The maximum Gasteiger partial charge on any atom is 0.243 e. The van der Waals surface area contributed by atoms with Gasteiger partial charge in [0.25, 0.3) is 0 Å². The van der Waals surface area contributed by atoms with Crippen molar-refractivity contribution in [3.63, 3.8) is 0 Å². The van der Waals surface area contributed by atoms with Gasteiger partial charge in [-0.05, 0) is 43.2 Å². The number of hydrogen-bond donors (Lipinski definition) is 1. The first kappa shape index (κ1) is 22.8. The van der Waals surface area contributed by atoms with Crippen molar-refractivity contribution in [3.05, 3.63) is 59.7 Å². The van der Waals surface area contributed by atoms with Crippen LogP contribution in [-0.4, -0.2) is 45.9 Å². The molecule has 0 heterocycles. The van der Waals surface area contributed by atoms with Crippen molar-refractivity contribution < 1.29 is 17.9 Å². The number of benzene rings is 2. The van der Waals surface area contributed by atoms with Gasteiger partial charge < -0.3 is 10.1 Å². The van der Waals surface area contributed by atoms with Crippen LogP contribution in [0.4, 0.5) is 0 Å². The minimum Gasteiger partial charge on any atom is -0.496 e. The lowest BCUT2D eigenvalue weighted by molar-refractivity contribution is -0.121. The van der Waals surface area contributed by atoms with Gasteiger partial charge in [0.1, 0.15) is 5.75 Å². The summed E-state index contributed by atoms with van der Waals surface area (Å²) in [6.45, 7) is 0.140. The van der Waals surface area contributed by atoms with Gasteiger partial charge in [0.15, 0.2) is 0 Å². The molecule has 2 aromatic rings. The minimum absolute atomic E-state index is 0.0445. The van der Waals surface area contributed by atoms with E-state index in [1.54, 1.807) is 7.11 Å². The Labute approximate surface area is 183 Å². The molecule has 3 rings (SSSR count). The van der Waals surface area contributed by atoms with E-state index in [2.05, 4.69) is 5.32 Å². The van der Waals surface area contributed by atoms with E-state index in [0.717, 1.165) is 41.3 Å². The fourth-order valence-electron chi connectivity index (χ4n) is 4.17. The van der Waals surface area contributed by atoms with Gasteiger partial charge >= 0.3 is 0 Å². The van der Waals surface area contributed by atoms with Crippen molar-refractivity contribution in [1.29, 1.82) is 5.26 Å². The Hall–Kier alpha value is -2.89. The van der Waals surface area contributed by atoms with Crippen molar-refractivity contribution in [2.75, 3.05) is 27.2 Å². The van der Waals surface area contributed by atoms with Crippen LogP contribution in [0.1, 0.15) is 36.8 Å². The summed E-state index contributed by atoms with van der Waals surface area (Å²) in [4.78, 5) is 12.7. The number of rotatable bonds is 8. The van der Waals surface area contributed by atoms with E-state index in [-0.39, 0.29) is 22.8 Å². The van der Waals surface area contributed by atoms with Crippen molar-refractivity contribution in [2.24, 2.45) is 0 Å². The van der Waals surface area contributed by atoms with Crippen LogP contribution in [0.3, 0.4) is 0 Å². The molecule has 8 heteroatoms. The van der Waals surface area contributed by atoms with Gasteiger partial charge in [0.2, 0.25) is 15.9 Å². The Bertz CT molecular complexity index is 1070. The average molecular weight is 442 g/mol. The molecule has 1 aliphatic carbocycles. The predicted octanol–water partition coefficient (Wildman–Crippen LogP) is 2.82. The summed E-state index contributed by atoms with van der Waals surface area (Å²) < 4.78 is 32.1. The maximum atomic E-state index is 12.7. The highest BCUT2D eigenvalue weighted by atomic mass is 32.2. The molecule has 0 bridgehead atoms. The number of hydrogen-bond acceptors (Lipinski definition) is 5. The van der Waals surface area contributed by atoms with Gasteiger partial charge in [0.05, 0.1) is 30.2 Å². The normalized spacial score (nSPS) is 15.4. The fourth-order valence-corrected chi connectivity index (χ4v) is 5.30. The number of para-hydroxylation sites is 1. The van der Waals surface area contributed by atoms with Crippen molar-refractivity contribution in [3.8, 4) is 11.8 Å². The summed E-state index contributed by atoms with van der Waals surface area (Å²) in [6, 6.07) is 15.4. The zero-order valence-corrected chi connectivity index (χ0v) is 18.6. The molecule has 1 fully saturated rings. The van der Waals surface area contributed by atoms with Gasteiger partial charge in [-0.3, -0.25) is 4.79 Å². The average Bonchev–Trinajstić information content (AvgIpc) is 3.27. The predicted molar refractivity (Wildman–Crippen MR) is 117 cm³/mol. The smallest absolute Gasteiger partial charge is 0.243 e. The molecule has 1 amide bonds. The summed E-state index contributed by atoms with van der Waals surface area (Å²) in [7, 11) is -0.816. The summed E-state index contributed by atoms with van der Waals surface area (Å²) in [5.41, 5.74) is 1.23. The molecular formula is C23H27N3O4S. The first-order valence-electron chi connectivity index (χ1n) is 10.2. The van der Waals surface area contributed by atoms with Crippen molar-refractivity contribution >= 4 is 15.9 Å². The van der Waals surface area contributed by atoms with Crippen LogP contribution >= 0.6 is 0 Å². The van der Waals surface area contributed by atoms with Gasteiger partial charge in [0, 0.05) is 24.6 Å². The highest BCUT2D eigenvalue weighted by Crippen LogP contribution is 2.44. The third-order valence-corrected chi connectivity index (χ3v) is 7.74. The topological polar surface area (TPSA) is 99.5 Å². The standard InChI is InChI=1S/C23H27N3O4S/c1-26(31(28,29)19-11-9-18(15-24)10-12-19)16-22(27)25-17-23(13-5-6-14-23)20-7-3-4-8-21(20)30-2/h3-4,7-12H,5-6,13-14,16-17H2,1-2H3,(H,25,27). The van der Waals surface area contributed by atoms with E-state index >= 15 is 0 Å². The number of ether oxygens (including phenoxy) is 1. The van der Waals surface area contributed by atoms with Crippen LogP contribution in [0.2, 0.25) is 0 Å². The molecule has 0 spiro atoms. The van der Waals surface area contributed by atoms with Crippen LogP contribution in [0.15, 0.2) is 53.4 Å². The van der Waals surface area contributed by atoms with E-state index in [0.29, 0.717) is 12.1 Å². The van der Waals surface area contributed by atoms with Crippen LogP contribution in [0.25, 0.3) is 0 Å². The number of likely N-dealkylation sites (N-methyl/N-ethyl adjacent to an activating group) is 1. The Balaban J connectivity index is 1.68. The lowest BCUT2D eigenvalue weighted by atomic mass is 9.78. The van der Waals surface area contributed by atoms with E-state index in [9.17, 15) is 13.2 Å². The zero-order chi connectivity index (χ0) is 22.5. The molecule has 0 atom stereocenters. The number of methoxy groups -OCH3 is 1. The van der Waals surface area contributed by atoms with E-state index in [1.807, 2.05) is 30.3 Å². The van der Waals surface area contributed by atoms with Gasteiger partial charge in [-0.15, -0.1) is 0 Å². The molecule has 7 nitrogen and oxygen atoms in total. The number of nitrogens with zero attached hydrogens (tertiary/aromatic N) is 2. The third kappa shape index (κ3) is 4.89. The second kappa shape index (κ2) is 9.50. The number of sulfonamides is 1. The Morgan fingerprint density at radius 3 is 2.42 bits per heavy atom. The van der Waals surface area contributed by atoms with Gasteiger partial charge in [-0.25, -0.2) is 8.42 Å². The summed E-state index contributed by atoms with van der Waals surface area (Å²) in [5, 5.41) is 11.8. The highest BCUT2D eigenvalue weighted by molar-refractivity contribution is 7.89. The minimum atomic E-state index is -3.83. The molecular weight excluding hydrogens is 414 g/mol. The number of amides is 1. The number of nitriles is 1. The number of carbonyl (C=O) groups is 1. The van der Waals surface area contributed by atoms with Crippen LogP contribution in [0, 0.1) is 11.3 Å². The summed E-state index contributed by atoms with van der Waals surface area (Å²) in [6.07, 6.45) is 4.02. The second-order valence-electron chi connectivity index (χ2n) is 7.86. The summed E-state index contributed by atoms with van der Waals surface area (Å²) in [5.74, 6) is 0.444. The van der Waals surface area contributed by atoms with Crippen LogP contribution in [-0.2, 0) is 20.2 Å². The van der Waals surface area contributed by atoms with Gasteiger partial charge in [-0.1, -0.05) is 31.0 Å². The van der Waals surface area contributed by atoms with E-state index in [4.69, 9.17) is 10.00 Å². The monoisotopic (exact) mass is 441 g/mol. The fraction of sp³-hybridized carbons (Fsp3) is 0.391. The lowest BCUT2D eigenvalue weighted by Gasteiger charge is -2.31. The number of nitrogens with one attached hydrogen (secondary N) is 1. The molecule has 0 aromatic heterocycles. The molecule has 1 N–H and O–H groups in total. The molecule has 0 unspecified atom stereocenters. The molecule has 164 valence electrons. The maximum absolute atomic E-state index is 12.7. The van der Waals surface area contributed by atoms with Crippen LogP contribution < -0.4 is 10.1 Å². The van der Waals surface area contributed by atoms with Gasteiger partial charge in [-0.2, -0.15) is 9.57 Å². The second-order valence-corrected chi connectivity index (χ2v) is 9.91. The first-order valence-corrected chi connectivity index (χ1v) is 11.6. The molecule has 0 aliphatic heterocycles. The first-order chi connectivity index (χ1) is 14.8. The molecule has 2 aromatic carbocycles. The molecule has 1 saturated carbocycles. The Morgan fingerprint density at radius 2 is 1.81 bits per heavy atom.